The Bertz CT molecular complexity index is 290. The van der Waals surface area contributed by atoms with Crippen LogP contribution in [-0.2, 0) is 9.53 Å². The van der Waals surface area contributed by atoms with Crippen LogP contribution >= 0.6 is 11.8 Å². The summed E-state index contributed by atoms with van der Waals surface area (Å²) >= 11 is 1.32. The summed E-state index contributed by atoms with van der Waals surface area (Å²) < 4.78 is 4.96. The molecule has 0 unspecified atom stereocenters. The van der Waals surface area contributed by atoms with Gasteiger partial charge in [-0.1, -0.05) is 11.8 Å². The van der Waals surface area contributed by atoms with E-state index >= 15 is 0 Å². The minimum absolute atomic E-state index is 0.0649. The molecule has 1 heterocycles. The van der Waals surface area contributed by atoms with Gasteiger partial charge in [0.25, 0.3) is 0 Å². The van der Waals surface area contributed by atoms with Crippen molar-refractivity contribution in [2.75, 3.05) is 5.75 Å². The fourth-order valence-electron chi connectivity index (χ4n) is 0.790. The molecule has 1 aromatic heterocycles. The second-order valence-corrected chi connectivity index (χ2v) is 3.87. The summed E-state index contributed by atoms with van der Waals surface area (Å²) in [5.41, 5.74) is 0. The number of carbonyl (C=O) groups is 1. The summed E-state index contributed by atoms with van der Waals surface area (Å²) in [5, 5.41) is 0.730. The van der Waals surface area contributed by atoms with Gasteiger partial charge in [0.05, 0.1) is 18.1 Å². The van der Waals surface area contributed by atoms with Gasteiger partial charge in [-0.3, -0.25) is 9.78 Å². The van der Waals surface area contributed by atoms with Crippen molar-refractivity contribution >= 4 is 17.7 Å². The Morgan fingerprint density at radius 3 is 2.93 bits per heavy atom. The maximum atomic E-state index is 11.1. The number of rotatable bonds is 4. The number of carbonyl (C=O) groups excluding carboxylic acids is 1. The highest BCUT2D eigenvalue weighted by Gasteiger charge is 2.06. The van der Waals surface area contributed by atoms with Crippen LogP contribution in [0.5, 0.6) is 0 Å². The molecule has 0 fully saturated rings. The Labute approximate surface area is 87.1 Å². The van der Waals surface area contributed by atoms with Gasteiger partial charge in [0.2, 0.25) is 0 Å². The second kappa shape index (κ2) is 5.59. The number of nitrogens with zero attached hydrogens (tertiary/aromatic N) is 2. The molecule has 0 bridgehead atoms. The molecule has 0 aliphatic carbocycles. The molecule has 0 aliphatic heterocycles. The van der Waals surface area contributed by atoms with Gasteiger partial charge in [0, 0.05) is 12.4 Å². The molecule has 0 radical (unpaired) electrons. The number of aromatic nitrogens is 2. The van der Waals surface area contributed by atoms with E-state index in [1.807, 2.05) is 13.8 Å². The third kappa shape index (κ3) is 4.23. The zero-order valence-corrected chi connectivity index (χ0v) is 8.95. The molecule has 0 spiro atoms. The number of ether oxygens (including phenoxy) is 1. The number of hydrogen-bond acceptors (Lipinski definition) is 5. The second-order valence-electron chi connectivity index (χ2n) is 2.87. The summed E-state index contributed by atoms with van der Waals surface area (Å²) in [5.74, 6) is 0.0484. The molecule has 1 aromatic rings. The highest BCUT2D eigenvalue weighted by atomic mass is 32.2. The van der Waals surface area contributed by atoms with Crippen molar-refractivity contribution in [3.05, 3.63) is 18.6 Å². The molecule has 5 heteroatoms. The Kier molecular flexibility index (Phi) is 4.39. The summed E-state index contributed by atoms with van der Waals surface area (Å²) in [4.78, 5) is 19.0. The van der Waals surface area contributed by atoms with E-state index in [0.717, 1.165) is 5.03 Å². The molecule has 4 nitrogen and oxygen atoms in total. The highest BCUT2D eigenvalue weighted by Crippen LogP contribution is 2.12. The summed E-state index contributed by atoms with van der Waals surface area (Å²) in [7, 11) is 0. The fraction of sp³-hybridized carbons (Fsp3) is 0.444. The van der Waals surface area contributed by atoms with E-state index in [9.17, 15) is 4.79 Å². The minimum Gasteiger partial charge on any atom is -0.462 e. The lowest BCUT2D eigenvalue weighted by Crippen LogP contribution is -2.13. The zero-order chi connectivity index (χ0) is 10.4. The maximum Gasteiger partial charge on any atom is 0.316 e. The molecule has 14 heavy (non-hydrogen) atoms. The standard InChI is InChI=1S/C9H12N2O2S/c1-7(2)13-9(12)6-14-8-5-10-3-4-11-8/h3-5,7H,6H2,1-2H3. The van der Waals surface area contributed by atoms with Crippen molar-refractivity contribution in [1.82, 2.24) is 9.97 Å². The Morgan fingerprint density at radius 1 is 1.57 bits per heavy atom. The lowest BCUT2D eigenvalue weighted by molar-refractivity contribution is -0.144. The molecule has 0 atom stereocenters. The first-order chi connectivity index (χ1) is 6.68. The van der Waals surface area contributed by atoms with Crippen LogP contribution in [-0.4, -0.2) is 27.8 Å². The maximum absolute atomic E-state index is 11.1. The molecule has 0 aromatic carbocycles. The van der Waals surface area contributed by atoms with Crippen molar-refractivity contribution in [3.63, 3.8) is 0 Å². The predicted octanol–water partition coefficient (Wildman–Crippen LogP) is 1.52. The Morgan fingerprint density at radius 2 is 2.36 bits per heavy atom. The molecular formula is C9H12N2O2S. The van der Waals surface area contributed by atoms with Gasteiger partial charge in [0.15, 0.2) is 0 Å². The smallest absolute Gasteiger partial charge is 0.316 e. The van der Waals surface area contributed by atoms with Crippen molar-refractivity contribution in [2.45, 2.75) is 25.0 Å². The van der Waals surface area contributed by atoms with Crippen LogP contribution in [0.25, 0.3) is 0 Å². The molecule has 0 aliphatic rings. The van der Waals surface area contributed by atoms with E-state index in [1.165, 1.54) is 11.8 Å². The van der Waals surface area contributed by atoms with Crippen LogP contribution in [0.4, 0.5) is 0 Å². The van der Waals surface area contributed by atoms with E-state index in [1.54, 1.807) is 18.6 Å². The van der Waals surface area contributed by atoms with Gasteiger partial charge < -0.3 is 4.74 Å². The molecule has 76 valence electrons. The van der Waals surface area contributed by atoms with Gasteiger partial charge in [-0.25, -0.2) is 4.98 Å². The highest BCUT2D eigenvalue weighted by molar-refractivity contribution is 7.99. The normalized spacial score (nSPS) is 10.2. The summed E-state index contributed by atoms with van der Waals surface area (Å²) in [6.07, 6.45) is 4.74. The van der Waals surface area contributed by atoms with E-state index in [-0.39, 0.29) is 17.8 Å². The monoisotopic (exact) mass is 212 g/mol. The van der Waals surface area contributed by atoms with Crippen LogP contribution in [0.15, 0.2) is 23.6 Å². The molecule has 1 rings (SSSR count). The van der Waals surface area contributed by atoms with E-state index < -0.39 is 0 Å². The average molecular weight is 212 g/mol. The quantitative estimate of drug-likeness (QED) is 0.559. The van der Waals surface area contributed by atoms with Crippen LogP contribution in [0.2, 0.25) is 0 Å². The van der Waals surface area contributed by atoms with Gasteiger partial charge in [-0.05, 0) is 13.8 Å². The number of thioether (sulfide) groups is 1. The first-order valence-corrected chi connectivity index (χ1v) is 5.25. The van der Waals surface area contributed by atoms with Gasteiger partial charge in [-0.15, -0.1) is 0 Å². The minimum atomic E-state index is -0.226. The molecule has 0 saturated carbocycles. The van der Waals surface area contributed by atoms with Crippen LogP contribution in [0.1, 0.15) is 13.8 Å². The molecule has 0 amide bonds. The lowest BCUT2D eigenvalue weighted by atomic mass is 10.5. The fourth-order valence-corrected chi connectivity index (χ4v) is 1.39. The van der Waals surface area contributed by atoms with Gasteiger partial charge in [-0.2, -0.15) is 0 Å². The molecule has 0 N–H and O–H groups in total. The van der Waals surface area contributed by atoms with Crippen LogP contribution in [0.3, 0.4) is 0 Å². The van der Waals surface area contributed by atoms with E-state index in [2.05, 4.69) is 9.97 Å². The molecular weight excluding hydrogens is 200 g/mol. The van der Waals surface area contributed by atoms with E-state index in [4.69, 9.17) is 4.74 Å². The lowest BCUT2D eigenvalue weighted by Gasteiger charge is -2.06. The number of esters is 1. The number of hydrogen-bond donors (Lipinski definition) is 0. The topological polar surface area (TPSA) is 52.1 Å². The van der Waals surface area contributed by atoms with Gasteiger partial charge >= 0.3 is 5.97 Å². The van der Waals surface area contributed by atoms with Crippen LogP contribution in [0, 0.1) is 0 Å². The first kappa shape index (κ1) is 11.0. The zero-order valence-electron chi connectivity index (χ0n) is 8.14. The van der Waals surface area contributed by atoms with Gasteiger partial charge in [0.1, 0.15) is 5.03 Å². The Hall–Kier alpha value is -1.10. The van der Waals surface area contributed by atoms with Crippen molar-refractivity contribution < 1.29 is 9.53 Å². The average Bonchev–Trinajstić information content (AvgIpc) is 2.15. The summed E-state index contributed by atoms with van der Waals surface area (Å²) in [6, 6.07) is 0. The predicted molar refractivity (Wildman–Crippen MR) is 54.0 cm³/mol. The largest absolute Gasteiger partial charge is 0.462 e. The van der Waals surface area contributed by atoms with Crippen molar-refractivity contribution in [1.29, 1.82) is 0 Å². The van der Waals surface area contributed by atoms with Crippen molar-refractivity contribution in [3.8, 4) is 0 Å². The first-order valence-electron chi connectivity index (χ1n) is 4.27. The Balaban J connectivity index is 2.31. The third-order valence-electron chi connectivity index (χ3n) is 1.24. The van der Waals surface area contributed by atoms with Crippen LogP contribution < -0.4 is 0 Å². The molecule has 0 saturated heterocycles. The van der Waals surface area contributed by atoms with Crippen molar-refractivity contribution in [2.24, 2.45) is 0 Å². The van der Waals surface area contributed by atoms with E-state index in [0.29, 0.717) is 0 Å². The summed E-state index contributed by atoms with van der Waals surface area (Å²) in [6.45, 7) is 3.65. The third-order valence-corrected chi connectivity index (χ3v) is 2.13. The SMILES string of the molecule is CC(C)OC(=O)CSc1cnccn1.